The van der Waals surface area contributed by atoms with Crippen molar-refractivity contribution in [1.82, 2.24) is 9.80 Å². The summed E-state index contributed by atoms with van der Waals surface area (Å²) in [6.45, 7) is 3.76. The van der Waals surface area contributed by atoms with Gasteiger partial charge in [0.15, 0.2) is 0 Å². The van der Waals surface area contributed by atoms with Crippen LogP contribution in [0, 0.1) is 0 Å². The molecule has 3 nitrogen and oxygen atoms in total. The Balaban J connectivity index is 1.55. The van der Waals surface area contributed by atoms with Gasteiger partial charge in [-0.15, -0.1) is 0 Å². The SMILES string of the molecule is COC1CC(N2CC3CCCN3CC2c2ccccc2)C1. The highest BCUT2D eigenvalue weighted by molar-refractivity contribution is 5.21. The van der Waals surface area contributed by atoms with Crippen LogP contribution >= 0.6 is 0 Å². The number of piperazine rings is 1. The molecule has 0 amide bonds. The molecule has 0 radical (unpaired) electrons. The topological polar surface area (TPSA) is 15.7 Å². The number of methoxy groups -OCH3 is 1. The van der Waals surface area contributed by atoms with Gasteiger partial charge in [-0.2, -0.15) is 0 Å². The highest BCUT2D eigenvalue weighted by Crippen LogP contribution is 2.39. The molecule has 0 bridgehead atoms. The fourth-order valence-electron chi connectivity index (χ4n) is 4.42. The van der Waals surface area contributed by atoms with Crippen molar-refractivity contribution in [3.63, 3.8) is 0 Å². The Hall–Kier alpha value is -0.900. The van der Waals surface area contributed by atoms with E-state index in [-0.39, 0.29) is 0 Å². The Morgan fingerprint density at radius 3 is 2.62 bits per heavy atom. The van der Waals surface area contributed by atoms with Gasteiger partial charge >= 0.3 is 0 Å². The van der Waals surface area contributed by atoms with Crippen LogP contribution in [-0.2, 0) is 4.74 Å². The average molecular weight is 286 g/mol. The summed E-state index contributed by atoms with van der Waals surface area (Å²) in [7, 11) is 1.85. The smallest absolute Gasteiger partial charge is 0.0601 e. The fourth-order valence-corrected chi connectivity index (χ4v) is 4.42. The second-order valence-electron chi connectivity index (χ2n) is 6.90. The molecular formula is C18H26N2O. The molecule has 0 N–H and O–H groups in total. The zero-order valence-electron chi connectivity index (χ0n) is 12.9. The predicted molar refractivity (Wildman–Crippen MR) is 84.3 cm³/mol. The molecule has 3 heteroatoms. The summed E-state index contributed by atoms with van der Waals surface area (Å²) < 4.78 is 5.50. The molecule has 0 aromatic heterocycles. The van der Waals surface area contributed by atoms with Crippen molar-refractivity contribution in [2.75, 3.05) is 26.7 Å². The molecule has 21 heavy (non-hydrogen) atoms. The highest BCUT2D eigenvalue weighted by Gasteiger charge is 2.43. The molecule has 4 rings (SSSR count). The molecule has 2 heterocycles. The summed E-state index contributed by atoms with van der Waals surface area (Å²) in [4.78, 5) is 5.51. The van der Waals surface area contributed by atoms with Crippen molar-refractivity contribution in [1.29, 1.82) is 0 Å². The van der Waals surface area contributed by atoms with Gasteiger partial charge in [0.1, 0.15) is 0 Å². The number of nitrogens with zero attached hydrogens (tertiary/aromatic N) is 2. The first-order valence-corrected chi connectivity index (χ1v) is 8.42. The van der Waals surface area contributed by atoms with E-state index in [2.05, 4.69) is 40.1 Å². The van der Waals surface area contributed by atoms with Crippen LogP contribution in [0.25, 0.3) is 0 Å². The van der Waals surface area contributed by atoms with Crippen molar-refractivity contribution in [3.8, 4) is 0 Å². The predicted octanol–water partition coefficient (Wildman–Crippen LogP) is 2.69. The number of ether oxygens (including phenoxy) is 1. The van der Waals surface area contributed by atoms with E-state index in [9.17, 15) is 0 Å². The molecule has 2 atom stereocenters. The lowest BCUT2D eigenvalue weighted by Crippen LogP contribution is -2.58. The molecule has 0 spiro atoms. The van der Waals surface area contributed by atoms with E-state index >= 15 is 0 Å². The van der Waals surface area contributed by atoms with Gasteiger partial charge < -0.3 is 4.74 Å². The zero-order valence-corrected chi connectivity index (χ0v) is 12.9. The standard InChI is InChI=1S/C18H26N2O/c1-21-17-10-16(11-17)20-12-15-8-5-9-19(15)13-18(20)14-6-3-2-4-7-14/h2-4,6-7,15-18H,5,8-13H2,1H3. The Kier molecular flexibility index (Phi) is 3.74. The third-order valence-corrected chi connectivity index (χ3v) is 5.79. The van der Waals surface area contributed by atoms with E-state index in [1.54, 1.807) is 0 Å². The number of hydrogen-bond acceptors (Lipinski definition) is 3. The van der Waals surface area contributed by atoms with Gasteiger partial charge in [0, 0.05) is 38.3 Å². The molecule has 3 aliphatic rings. The van der Waals surface area contributed by atoms with Crippen LogP contribution < -0.4 is 0 Å². The lowest BCUT2D eigenvalue weighted by Gasteiger charge is -2.51. The molecule has 1 aliphatic carbocycles. The number of benzene rings is 1. The summed E-state index contributed by atoms with van der Waals surface area (Å²) in [5, 5.41) is 0. The van der Waals surface area contributed by atoms with Crippen LogP contribution in [0.4, 0.5) is 0 Å². The Bertz CT molecular complexity index is 471. The maximum Gasteiger partial charge on any atom is 0.0601 e. The molecule has 1 saturated carbocycles. The van der Waals surface area contributed by atoms with E-state index in [0.29, 0.717) is 12.1 Å². The van der Waals surface area contributed by atoms with Crippen molar-refractivity contribution >= 4 is 0 Å². The van der Waals surface area contributed by atoms with E-state index in [1.807, 2.05) is 7.11 Å². The van der Waals surface area contributed by atoms with Crippen LogP contribution in [0.15, 0.2) is 30.3 Å². The van der Waals surface area contributed by atoms with Crippen LogP contribution in [0.5, 0.6) is 0 Å². The van der Waals surface area contributed by atoms with Crippen LogP contribution in [0.3, 0.4) is 0 Å². The summed E-state index contributed by atoms with van der Waals surface area (Å²) in [6.07, 6.45) is 5.69. The van der Waals surface area contributed by atoms with Crippen molar-refractivity contribution in [2.45, 2.75) is 49.9 Å². The van der Waals surface area contributed by atoms with Crippen molar-refractivity contribution in [2.24, 2.45) is 0 Å². The molecule has 2 aliphatic heterocycles. The maximum absolute atomic E-state index is 5.50. The van der Waals surface area contributed by atoms with Gasteiger partial charge in [0.05, 0.1) is 6.10 Å². The van der Waals surface area contributed by atoms with E-state index in [4.69, 9.17) is 4.74 Å². The quantitative estimate of drug-likeness (QED) is 0.849. The summed E-state index contributed by atoms with van der Waals surface area (Å²) >= 11 is 0. The minimum absolute atomic E-state index is 0.494. The van der Waals surface area contributed by atoms with Gasteiger partial charge in [0.2, 0.25) is 0 Å². The summed E-state index contributed by atoms with van der Waals surface area (Å²) in [5.74, 6) is 0. The second-order valence-corrected chi connectivity index (χ2v) is 6.90. The van der Waals surface area contributed by atoms with Gasteiger partial charge in [-0.05, 0) is 37.8 Å². The minimum atomic E-state index is 0.494. The first-order chi connectivity index (χ1) is 10.3. The van der Waals surface area contributed by atoms with Crippen molar-refractivity contribution in [3.05, 3.63) is 35.9 Å². The Labute approximate surface area is 127 Å². The first kappa shape index (κ1) is 13.7. The van der Waals surface area contributed by atoms with E-state index in [1.165, 1.54) is 50.9 Å². The van der Waals surface area contributed by atoms with E-state index < -0.39 is 0 Å². The van der Waals surface area contributed by atoms with Gasteiger partial charge in [0.25, 0.3) is 0 Å². The molecule has 114 valence electrons. The summed E-state index contributed by atoms with van der Waals surface area (Å²) in [5.41, 5.74) is 1.49. The third kappa shape index (κ3) is 2.52. The molecule has 2 saturated heterocycles. The normalized spacial score (nSPS) is 37.2. The largest absolute Gasteiger partial charge is 0.381 e. The van der Waals surface area contributed by atoms with Crippen LogP contribution in [0.1, 0.15) is 37.3 Å². The van der Waals surface area contributed by atoms with Crippen LogP contribution in [-0.4, -0.2) is 54.7 Å². The van der Waals surface area contributed by atoms with Crippen molar-refractivity contribution < 1.29 is 4.74 Å². The Morgan fingerprint density at radius 2 is 1.86 bits per heavy atom. The fraction of sp³-hybridized carbons (Fsp3) is 0.667. The molecular weight excluding hydrogens is 260 g/mol. The summed E-state index contributed by atoms with van der Waals surface area (Å²) in [6, 6.07) is 13.2. The number of hydrogen-bond donors (Lipinski definition) is 0. The lowest BCUT2D eigenvalue weighted by atomic mass is 9.84. The number of fused-ring (bicyclic) bond motifs is 1. The maximum atomic E-state index is 5.50. The third-order valence-electron chi connectivity index (χ3n) is 5.79. The molecule has 2 unspecified atom stereocenters. The van der Waals surface area contributed by atoms with Crippen LogP contribution in [0.2, 0.25) is 0 Å². The number of rotatable bonds is 3. The molecule has 3 fully saturated rings. The van der Waals surface area contributed by atoms with E-state index in [0.717, 1.165) is 12.1 Å². The highest BCUT2D eigenvalue weighted by atomic mass is 16.5. The van der Waals surface area contributed by atoms with Gasteiger partial charge in [-0.3, -0.25) is 9.80 Å². The first-order valence-electron chi connectivity index (χ1n) is 8.42. The Morgan fingerprint density at radius 1 is 1.05 bits per heavy atom. The molecule has 1 aromatic rings. The minimum Gasteiger partial charge on any atom is -0.381 e. The zero-order chi connectivity index (χ0) is 14.2. The average Bonchev–Trinajstić information content (AvgIpc) is 2.93. The monoisotopic (exact) mass is 286 g/mol. The van der Waals surface area contributed by atoms with Gasteiger partial charge in [-0.1, -0.05) is 30.3 Å². The lowest BCUT2D eigenvalue weighted by molar-refractivity contribution is -0.0694. The van der Waals surface area contributed by atoms with Gasteiger partial charge in [-0.25, -0.2) is 0 Å². The second kappa shape index (κ2) is 5.71. The molecule has 1 aromatic carbocycles.